The van der Waals surface area contributed by atoms with Crippen LogP contribution in [0.3, 0.4) is 0 Å². The largest absolute Gasteiger partial charge is 0.252 e. The van der Waals surface area contributed by atoms with Gasteiger partial charge in [-0.15, -0.1) is 0 Å². The van der Waals surface area contributed by atoms with E-state index >= 15 is 0 Å². The molecule has 0 aliphatic heterocycles. The molecule has 0 fully saturated rings. The van der Waals surface area contributed by atoms with Crippen molar-refractivity contribution in [3.8, 4) is 0 Å². The normalized spacial score (nSPS) is 11.2. The van der Waals surface area contributed by atoms with E-state index in [-0.39, 0.29) is 0 Å². The molecule has 0 atom stereocenters. The summed E-state index contributed by atoms with van der Waals surface area (Å²) in [7, 11) is 0. The van der Waals surface area contributed by atoms with Crippen LogP contribution >= 0.6 is 0 Å². The van der Waals surface area contributed by atoms with Crippen molar-refractivity contribution < 1.29 is 0 Å². The Morgan fingerprint density at radius 1 is 0.824 bits per heavy atom. The zero-order valence-electron chi connectivity index (χ0n) is 10.4. The Bertz CT molecular complexity index is 726. The second-order valence-corrected chi connectivity index (χ2v) is 4.72. The van der Waals surface area contributed by atoms with E-state index in [1.807, 2.05) is 0 Å². The van der Waals surface area contributed by atoms with Gasteiger partial charge in [0.05, 0.1) is 5.52 Å². The van der Waals surface area contributed by atoms with Gasteiger partial charge >= 0.3 is 0 Å². The Labute approximate surface area is 101 Å². The first kappa shape index (κ1) is 10.3. The lowest BCUT2D eigenvalue weighted by Crippen LogP contribution is -1.91. The third-order valence-corrected chi connectivity index (χ3v) is 3.33. The highest BCUT2D eigenvalue weighted by molar-refractivity contribution is 6.07. The summed E-state index contributed by atoms with van der Waals surface area (Å²) in [6, 6.07) is 12.9. The molecule has 84 valence electrons. The monoisotopic (exact) mass is 221 g/mol. The first-order valence-corrected chi connectivity index (χ1v) is 5.93. The van der Waals surface area contributed by atoms with Crippen molar-refractivity contribution in [2.24, 2.45) is 0 Å². The third-order valence-electron chi connectivity index (χ3n) is 3.33. The van der Waals surface area contributed by atoms with Gasteiger partial charge in [0.15, 0.2) is 0 Å². The molecular formula is C16H15N. The van der Waals surface area contributed by atoms with Gasteiger partial charge < -0.3 is 0 Å². The summed E-state index contributed by atoms with van der Waals surface area (Å²) in [6.45, 7) is 6.36. The minimum absolute atomic E-state index is 1.11. The topological polar surface area (TPSA) is 12.9 Å². The summed E-state index contributed by atoms with van der Waals surface area (Å²) in [5.74, 6) is 0. The number of hydrogen-bond acceptors (Lipinski definition) is 1. The molecule has 3 aromatic rings. The quantitative estimate of drug-likeness (QED) is 0.515. The van der Waals surface area contributed by atoms with Gasteiger partial charge in [-0.3, -0.25) is 4.98 Å². The Kier molecular flexibility index (Phi) is 2.15. The Morgan fingerprint density at radius 3 is 2.29 bits per heavy atom. The lowest BCUT2D eigenvalue weighted by molar-refractivity contribution is 1.26. The molecular weight excluding hydrogens is 206 g/mol. The van der Waals surface area contributed by atoms with E-state index < -0.39 is 0 Å². The second-order valence-electron chi connectivity index (χ2n) is 4.72. The van der Waals surface area contributed by atoms with Gasteiger partial charge in [-0.05, 0) is 37.8 Å². The van der Waals surface area contributed by atoms with Crippen LogP contribution in [-0.4, -0.2) is 4.98 Å². The maximum absolute atomic E-state index is 4.74. The van der Waals surface area contributed by atoms with Gasteiger partial charge in [0.25, 0.3) is 0 Å². The zero-order valence-corrected chi connectivity index (χ0v) is 10.4. The molecule has 0 radical (unpaired) electrons. The van der Waals surface area contributed by atoms with Crippen molar-refractivity contribution in [3.05, 3.63) is 53.2 Å². The van der Waals surface area contributed by atoms with Crippen molar-refractivity contribution in [2.45, 2.75) is 20.8 Å². The highest BCUT2D eigenvalue weighted by Gasteiger charge is 2.07. The van der Waals surface area contributed by atoms with Crippen LogP contribution in [0, 0.1) is 20.8 Å². The maximum Gasteiger partial charge on any atom is 0.0740 e. The van der Waals surface area contributed by atoms with Crippen LogP contribution in [-0.2, 0) is 0 Å². The lowest BCUT2D eigenvalue weighted by atomic mass is 10.00. The molecule has 3 rings (SSSR count). The molecule has 0 aliphatic carbocycles. The highest BCUT2D eigenvalue weighted by Crippen LogP contribution is 2.28. The average molecular weight is 221 g/mol. The number of nitrogens with zero attached hydrogens (tertiary/aromatic N) is 1. The van der Waals surface area contributed by atoms with Crippen LogP contribution in [0.25, 0.3) is 21.7 Å². The van der Waals surface area contributed by atoms with Crippen LogP contribution in [0.4, 0.5) is 0 Å². The molecule has 0 N–H and O–H groups in total. The fourth-order valence-corrected chi connectivity index (χ4v) is 2.58. The summed E-state index contributed by atoms with van der Waals surface area (Å²) >= 11 is 0. The second kappa shape index (κ2) is 3.56. The fourth-order valence-electron chi connectivity index (χ4n) is 2.58. The number of aromatic nitrogens is 1. The van der Waals surface area contributed by atoms with E-state index in [2.05, 4.69) is 57.2 Å². The minimum Gasteiger partial charge on any atom is -0.252 e. The van der Waals surface area contributed by atoms with E-state index in [4.69, 9.17) is 4.98 Å². The summed E-state index contributed by atoms with van der Waals surface area (Å²) in [6.07, 6.45) is 0. The molecule has 1 heteroatoms. The Hall–Kier alpha value is -1.89. The Balaban J connectivity index is 2.63. The molecule has 2 aromatic carbocycles. The zero-order chi connectivity index (χ0) is 12.0. The number of aryl methyl sites for hydroxylation is 3. The van der Waals surface area contributed by atoms with Crippen LogP contribution in [0.15, 0.2) is 36.4 Å². The standard InChI is InChI=1S/C16H15N/c1-10-8-11(2)16-15(9-10)14-7-5-4-6-13(14)12(3)17-16/h4-9H,1-3H3. The minimum atomic E-state index is 1.11. The molecule has 0 aliphatic rings. The van der Waals surface area contributed by atoms with E-state index in [0.29, 0.717) is 0 Å². The Morgan fingerprint density at radius 2 is 1.53 bits per heavy atom. The lowest BCUT2D eigenvalue weighted by Gasteiger charge is -2.09. The van der Waals surface area contributed by atoms with Crippen molar-refractivity contribution >= 4 is 21.7 Å². The summed E-state index contributed by atoms with van der Waals surface area (Å²) in [5, 5.41) is 3.83. The van der Waals surface area contributed by atoms with Gasteiger partial charge in [0.1, 0.15) is 0 Å². The van der Waals surface area contributed by atoms with Gasteiger partial charge in [0, 0.05) is 16.5 Å². The summed E-state index contributed by atoms with van der Waals surface area (Å²) in [5.41, 5.74) is 4.80. The van der Waals surface area contributed by atoms with E-state index in [1.54, 1.807) is 0 Å². The number of benzene rings is 2. The molecule has 1 aromatic heterocycles. The molecule has 17 heavy (non-hydrogen) atoms. The molecule has 1 heterocycles. The van der Waals surface area contributed by atoms with Crippen LogP contribution in [0.5, 0.6) is 0 Å². The maximum atomic E-state index is 4.74. The van der Waals surface area contributed by atoms with Gasteiger partial charge in [-0.1, -0.05) is 35.9 Å². The fraction of sp³-hybridized carbons (Fsp3) is 0.188. The van der Waals surface area contributed by atoms with E-state index in [1.165, 1.54) is 27.3 Å². The first-order valence-electron chi connectivity index (χ1n) is 5.93. The van der Waals surface area contributed by atoms with Crippen LogP contribution in [0.1, 0.15) is 16.8 Å². The molecule has 0 saturated heterocycles. The molecule has 0 spiro atoms. The number of hydrogen-bond donors (Lipinski definition) is 0. The van der Waals surface area contributed by atoms with Crippen molar-refractivity contribution in [3.63, 3.8) is 0 Å². The molecule has 0 unspecified atom stereocenters. The number of fused-ring (bicyclic) bond motifs is 3. The van der Waals surface area contributed by atoms with Crippen molar-refractivity contribution in [1.82, 2.24) is 4.98 Å². The third kappa shape index (κ3) is 1.50. The van der Waals surface area contributed by atoms with Gasteiger partial charge in [0.2, 0.25) is 0 Å². The molecule has 0 bridgehead atoms. The predicted octanol–water partition coefficient (Wildman–Crippen LogP) is 4.31. The van der Waals surface area contributed by atoms with E-state index in [9.17, 15) is 0 Å². The SMILES string of the molecule is Cc1cc(C)c2nc(C)c3ccccc3c2c1. The molecule has 0 amide bonds. The number of rotatable bonds is 0. The van der Waals surface area contributed by atoms with Crippen LogP contribution in [0.2, 0.25) is 0 Å². The van der Waals surface area contributed by atoms with Gasteiger partial charge in [-0.25, -0.2) is 0 Å². The highest BCUT2D eigenvalue weighted by atomic mass is 14.7. The predicted molar refractivity (Wildman–Crippen MR) is 73.5 cm³/mol. The van der Waals surface area contributed by atoms with Gasteiger partial charge in [-0.2, -0.15) is 0 Å². The number of pyridine rings is 1. The first-order chi connectivity index (χ1) is 8.16. The smallest absolute Gasteiger partial charge is 0.0740 e. The molecule has 0 saturated carbocycles. The van der Waals surface area contributed by atoms with E-state index in [0.717, 1.165) is 11.2 Å². The summed E-state index contributed by atoms with van der Waals surface area (Å²) in [4.78, 5) is 4.74. The van der Waals surface area contributed by atoms with Crippen molar-refractivity contribution in [2.75, 3.05) is 0 Å². The molecule has 1 nitrogen and oxygen atoms in total. The average Bonchev–Trinajstić information content (AvgIpc) is 2.31. The van der Waals surface area contributed by atoms with Crippen molar-refractivity contribution in [1.29, 1.82) is 0 Å². The van der Waals surface area contributed by atoms with Crippen LogP contribution < -0.4 is 0 Å². The summed E-state index contributed by atoms with van der Waals surface area (Å²) < 4.78 is 0.